The van der Waals surface area contributed by atoms with Crippen LogP contribution >= 0.6 is 0 Å². The van der Waals surface area contributed by atoms with Crippen molar-refractivity contribution in [2.45, 2.75) is 359 Å². The van der Waals surface area contributed by atoms with E-state index in [1.807, 2.05) is 0 Å². The molecule has 0 heterocycles. The highest BCUT2D eigenvalue weighted by atomic mass is 16.3. The van der Waals surface area contributed by atoms with Crippen molar-refractivity contribution in [2.75, 3.05) is 6.61 Å². The van der Waals surface area contributed by atoms with Crippen LogP contribution in [0.5, 0.6) is 0 Å². The van der Waals surface area contributed by atoms with Crippen molar-refractivity contribution in [2.24, 2.45) is 0 Å². The van der Waals surface area contributed by atoms with E-state index in [9.17, 15) is 25.2 Å². The molecule has 1 amide bonds. The predicted molar refractivity (Wildman–Crippen MR) is 288 cm³/mol. The highest BCUT2D eigenvalue weighted by molar-refractivity contribution is 5.80. The minimum atomic E-state index is -1.28. The van der Waals surface area contributed by atoms with Crippen LogP contribution in [0.1, 0.15) is 335 Å². The van der Waals surface area contributed by atoms with Crippen molar-refractivity contribution in [3.63, 3.8) is 0 Å². The molecule has 0 radical (unpaired) electrons. The summed E-state index contributed by atoms with van der Waals surface area (Å²) < 4.78 is 0. The number of aliphatic hydroxyl groups is 4. The number of unbranched alkanes of at least 4 members (excludes halogenated alkanes) is 45. The van der Waals surface area contributed by atoms with Crippen molar-refractivity contribution in [1.29, 1.82) is 0 Å². The van der Waals surface area contributed by atoms with Gasteiger partial charge in [-0.25, -0.2) is 0 Å². The summed E-state index contributed by atoms with van der Waals surface area (Å²) in [6.07, 6.45) is 65.8. The summed E-state index contributed by atoms with van der Waals surface area (Å²) in [5.41, 5.74) is 0. The summed E-state index contributed by atoms with van der Waals surface area (Å²) in [6, 6.07) is -0.999. The van der Waals surface area contributed by atoms with Gasteiger partial charge in [0.25, 0.3) is 0 Å². The average molecular weight is 935 g/mol. The number of carbonyl (C=O) groups is 1. The number of rotatable bonds is 56. The molecule has 0 aromatic rings. The minimum absolute atomic E-state index is 0.369. The van der Waals surface area contributed by atoms with E-state index in [1.165, 1.54) is 270 Å². The Balaban J connectivity index is 3.60. The zero-order valence-electron chi connectivity index (χ0n) is 44.7. The van der Waals surface area contributed by atoms with Gasteiger partial charge in [0, 0.05) is 0 Å². The van der Waals surface area contributed by atoms with Crippen molar-refractivity contribution in [1.82, 2.24) is 5.32 Å². The molecule has 66 heavy (non-hydrogen) atoms. The third kappa shape index (κ3) is 48.1. The van der Waals surface area contributed by atoms with Crippen LogP contribution in [0, 0.1) is 0 Å². The zero-order chi connectivity index (χ0) is 48.1. The van der Waals surface area contributed by atoms with Crippen molar-refractivity contribution < 1.29 is 25.2 Å². The Morgan fingerprint density at radius 3 is 0.909 bits per heavy atom. The summed E-state index contributed by atoms with van der Waals surface area (Å²) in [7, 11) is 0. The Kier molecular flexibility index (Phi) is 54.2. The second-order valence-electron chi connectivity index (χ2n) is 21.1. The molecule has 0 saturated heterocycles. The van der Waals surface area contributed by atoms with E-state index in [4.69, 9.17) is 0 Å². The molecule has 0 fully saturated rings. The fourth-order valence-electron chi connectivity index (χ4n) is 9.76. The van der Waals surface area contributed by atoms with Gasteiger partial charge in [-0.2, -0.15) is 0 Å². The third-order valence-electron chi connectivity index (χ3n) is 14.5. The summed E-state index contributed by atoms with van der Waals surface area (Å²) in [6.45, 7) is 4.09. The van der Waals surface area contributed by atoms with Crippen molar-refractivity contribution in [3.8, 4) is 0 Å². The van der Waals surface area contributed by atoms with E-state index in [2.05, 4.69) is 31.3 Å². The molecular formula is C60H119NO5. The van der Waals surface area contributed by atoms with Crippen LogP contribution in [0.15, 0.2) is 12.2 Å². The maximum atomic E-state index is 12.6. The number of hydrogen-bond acceptors (Lipinski definition) is 5. The molecule has 0 rings (SSSR count). The first kappa shape index (κ1) is 65.0. The SMILES string of the molecule is CCCCCCCCCCCCCCCCCCCCCCC/C=C/CCCC(O)C(O)C(CO)NC(=O)C(O)CCCCCCCCCCCCCCCCCCCCCCCCCC. The van der Waals surface area contributed by atoms with Crippen LogP contribution < -0.4 is 5.32 Å². The molecule has 394 valence electrons. The molecule has 4 unspecified atom stereocenters. The maximum Gasteiger partial charge on any atom is 0.249 e. The topological polar surface area (TPSA) is 110 Å². The summed E-state index contributed by atoms with van der Waals surface area (Å²) in [5.74, 6) is -0.586. The molecule has 4 atom stereocenters. The molecule has 5 N–H and O–H groups in total. The second kappa shape index (κ2) is 55.0. The molecular weight excluding hydrogens is 815 g/mol. The minimum Gasteiger partial charge on any atom is -0.394 e. The Labute approximate surface area is 412 Å². The molecule has 0 saturated carbocycles. The molecule has 0 aromatic carbocycles. The Bertz CT molecular complexity index is 959. The van der Waals surface area contributed by atoms with Gasteiger partial charge >= 0.3 is 0 Å². The van der Waals surface area contributed by atoms with Crippen LogP contribution in [-0.4, -0.2) is 57.3 Å². The second-order valence-corrected chi connectivity index (χ2v) is 21.1. The van der Waals surface area contributed by atoms with Gasteiger partial charge in [0.2, 0.25) is 5.91 Å². The molecule has 0 aliphatic carbocycles. The Morgan fingerprint density at radius 2 is 0.621 bits per heavy atom. The standard InChI is InChI=1S/C60H119NO5/c1-3-5-7-9-11-13-15-17-19-21-23-25-27-29-30-32-33-35-37-39-41-43-45-47-49-51-53-57(63)59(65)56(55-62)61-60(66)58(64)54-52-50-48-46-44-42-40-38-36-34-31-28-26-24-22-20-18-16-14-12-10-8-6-4-2/h45,47,56-59,62-65H,3-44,46,48-55H2,1-2H3,(H,61,66)/b47-45+. The van der Waals surface area contributed by atoms with Crippen molar-refractivity contribution in [3.05, 3.63) is 12.2 Å². The van der Waals surface area contributed by atoms with Gasteiger partial charge in [0.05, 0.1) is 18.8 Å². The first-order valence-electron chi connectivity index (χ1n) is 30.1. The summed E-state index contributed by atoms with van der Waals surface area (Å²) in [5, 5.41) is 44.0. The quantitative estimate of drug-likeness (QED) is 0.0308. The van der Waals surface area contributed by atoms with E-state index in [0.29, 0.717) is 12.8 Å². The molecule has 6 nitrogen and oxygen atoms in total. The van der Waals surface area contributed by atoms with Gasteiger partial charge in [-0.15, -0.1) is 0 Å². The number of allylic oxidation sites excluding steroid dienone is 2. The molecule has 0 aromatic heterocycles. The van der Waals surface area contributed by atoms with E-state index < -0.39 is 36.9 Å². The average Bonchev–Trinajstić information content (AvgIpc) is 3.32. The normalized spacial score (nSPS) is 13.7. The van der Waals surface area contributed by atoms with Gasteiger partial charge < -0.3 is 25.7 Å². The molecule has 0 bridgehead atoms. The first-order chi connectivity index (χ1) is 32.5. The number of aliphatic hydroxyl groups excluding tert-OH is 4. The van der Waals surface area contributed by atoms with E-state index in [-0.39, 0.29) is 0 Å². The smallest absolute Gasteiger partial charge is 0.249 e. The van der Waals surface area contributed by atoms with Gasteiger partial charge in [-0.3, -0.25) is 4.79 Å². The predicted octanol–water partition coefficient (Wildman–Crippen LogP) is 17.6. The fourth-order valence-corrected chi connectivity index (χ4v) is 9.76. The Hall–Kier alpha value is -0.950. The number of nitrogens with one attached hydrogen (secondary N) is 1. The van der Waals surface area contributed by atoms with E-state index in [1.54, 1.807) is 0 Å². The van der Waals surface area contributed by atoms with Gasteiger partial charge in [0.1, 0.15) is 12.2 Å². The first-order valence-corrected chi connectivity index (χ1v) is 30.1. The monoisotopic (exact) mass is 934 g/mol. The Morgan fingerprint density at radius 1 is 0.364 bits per heavy atom. The largest absolute Gasteiger partial charge is 0.394 e. The van der Waals surface area contributed by atoms with Crippen LogP contribution in [-0.2, 0) is 4.79 Å². The van der Waals surface area contributed by atoms with Gasteiger partial charge in [-0.1, -0.05) is 309 Å². The lowest BCUT2D eigenvalue weighted by atomic mass is 10.00. The third-order valence-corrected chi connectivity index (χ3v) is 14.5. The molecule has 6 heteroatoms. The highest BCUT2D eigenvalue weighted by Gasteiger charge is 2.28. The molecule has 0 aliphatic rings. The van der Waals surface area contributed by atoms with E-state index in [0.717, 1.165) is 38.5 Å². The summed E-state index contributed by atoms with van der Waals surface area (Å²) >= 11 is 0. The zero-order valence-corrected chi connectivity index (χ0v) is 44.7. The van der Waals surface area contributed by atoms with Crippen LogP contribution in [0.2, 0.25) is 0 Å². The molecule has 0 aliphatic heterocycles. The fraction of sp³-hybridized carbons (Fsp3) is 0.950. The lowest BCUT2D eigenvalue weighted by Gasteiger charge is -2.27. The maximum absolute atomic E-state index is 12.6. The summed E-state index contributed by atoms with van der Waals surface area (Å²) in [4.78, 5) is 12.6. The number of carbonyl (C=O) groups excluding carboxylic acids is 1. The highest BCUT2D eigenvalue weighted by Crippen LogP contribution is 2.19. The molecule has 0 spiro atoms. The number of hydrogen-bond donors (Lipinski definition) is 5. The van der Waals surface area contributed by atoms with Crippen LogP contribution in [0.3, 0.4) is 0 Å². The van der Waals surface area contributed by atoms with Crippen LogP contribution in [0.4, 0.5) is 0 Å². The van der Waals surface area contributed by atoms with Crippen LogP contribution in [0.25, 0.3) is 0 Å². The van der Waals surface area contributed by atoms with Gasteiger partial charge in [-0.05, 0) is 38.5 Å². The van der Waals surface area contributed by atoms with Gasteiger partial charge in [0.15, 0.2) is 0 Å². The lowest BCUT2D eigenvalue weighted by molar-refractivity contribution is -0.132. The van der Waals surface area contributed by atoms with Crippen molar-refractivity contribution >= 4 is 5.91 Å². The number of amides is 1. The lowest BCUT2D eigenvalue weighted by Crippen LogP contribution is -2.53. The van der Waals surface area contributed by atoms with E-state index >= 15 is 0 Å².